The van der Waals surface area contributed by atoms with Crippen molar-refractivity contribution in [3.63, 3.8) is 0 Å². The van der Waals surface area contributed by atoms with Crippen molar-refractivity contribution in [3.05, 3.63) is 47.3 Å². The SMILES string of the molecule is COc1cccc2c1CCN1c3nc4nccnc4c(C)c3CN21. The van der Waals surface area contributed by atoms with E-state index >= 15 is 0 Å². The molecular formula is C18H17N5O. The Hall–Kier alpha value is -2.89. The maximum Gasteiger partial charge on any atom is 0.180 e. The molecule has 3 aromatic rings. The Bertz CT molecular complexity index is 971. The van der Waals surface area contributed by atoms with Crippen LogP contribution in [0.5, 0.6) is 5.75 Å². The number of nitrogens with zero attached hydrogens (tertiary/aromatic N) is 5. The Morgan fingerprint density at radius 1 is 1.08 bits per heavy atom. The molecule has 0 aliphatic carbocycles. The van der Waals surface area contributed by atoms with Gasteiger partial charge in [-0.2, -0.15) is 0 Å². The highest BCUT2D eigenvalue weighted by atomic mass is 16.5. The number of fused-ring (bicyclic) bond motifs is 6. The number of methoxy groups -OCH3 is 1. The first-order chi connectivity index (χ1) is 11.8. The summed E-state index contributed by atoms with van der Waals surface area (Å²) in [6.45, 7) is 3.81. The van der Waals surface area contributed by atoms with Crippen LogP contribution in [0.2, 0.25) is 0 Å². The average Bonchev–Trinajstić information content (AvgIpc) is 3.01. The van der Waals surface area contributed by atoms with Gasteiger partial charge in [0, 0.05) is 30.1 Å². The second-order valence-electron chi connectivity index (χ2n) is 6.16. The molecule has 0 fully saturated rings. The summed E-state index contributed by atoms with van der Waals surface area (Å²) in [5.74, 6) is 1.97. The maximum absolute atomic E-state index is 5.54. The molecule has 0 atom stereocenters. The van der Waals surface area contributed by atoms with E-state index in [0.29, 0.717) is 5.65 Å². The van der Waals surface area contributed by atoms with Crippen molar-refractivity contribution in [1.82, 2.24) is 15.0 Å². The summed E-state index contributed by atoms with van der Waals surface area (Å²) in [6.07, 6.45) is 4.37. The summed E-state index contributed by atoms with van der Waals surface area (Å²) in [5, 5.41) is 4.56. The van der Waals surface area contributed by atoms with Gasteiger partial charge in [-0.05, 0) is 31.0 Å². The normalized spacial score (nSPS) is 15.2. The summed E-state index contributed by atoms with van der Waals surface area (Å²) in [6, 6.07) is 6.23. The molecule has 0 saturated heterocycles. The molecule has 6 nitrogen and oxygen atoms in total. The number of aromatic nitrogens is 3. The monoisotopic (exact) mass is 319 g/mol. The first kappa shape index (κ1) is 13.5. The minimum atomic E-state index is 0.715. The van der Waals surface area contributed by atoms with Gasteiger partial charge in [0.05, 0.1) is 19.3 Å². The van der Waals surface area contributed by atoms with Gasteiger partial charge >= 0.3 is 0 Å². The summed E-state index contributed by atoms with van der Waals surface area (Å²) in [7, 11) is 1.73. The van der Waals surface area contributed by atoms with Crippen molar-refractivity contribution in [2.24, 2.45) is 0 Å². The van der Waals surface area contributed by atoms with Gasteiger partial charge in [0.25, 0.3) is 0 Å². The molecule has 24 heavy (non-hydrogen) atoms. The molecule has 5 rings (SSSR count). The van der Waals surface area contributed by atoms with Crippen LogP contribution in [0.25, 0.3) is 11.2 Å². The van der Waals surface area contributed by atoms with Crippen LogP contribution in [-0.4, -0.2) is 28.6 Å². The van der Waals surface area contributed by atoms with Gasteiger partial charge in [-0.25, -0.2) is 9.97 Å². The molecule has 0 unspecified atom stereocenters. The quantitative estimate of drug-likeness (QED) is 0.687. The smallest absolute Gasteiger partial charge is 0.180 e. The summed E-state index contributed by atoms with van der Waals surface area (Å²) >= 11 is 0. The zero-order chi connectivity index (χ0) is 16.3. The lowest BCUT2D eigenvalue weighted by molar-refractivity contribution is 0.408. The molecular weight excluding hydrogens is 302 g/mol. The van der Waals surface area contributed by atoms with E-state index in [1.807, 2.05) is 12.1 Å². The Morgan fingerprint density at radius 2 is 1.96 bits per heavy atom. The average molecular weight is 319 g/mol. The van der Waals surface area contributed by atoms with Gasteiger partial charge < -0.3 is 4.74 Å². The second kappa shape index (κ2) is 4.80. The predicted octanol–water partition coefficient (Wildman–Crippen LogP) is 2.64. The zero-order valence-corrected chi connectivity index (χ0v) is 13.7. The van der Waals surface area contributed by atoms with Crippen LogP contribution >= 0.6 is 0 Å². The molecule has 0 radical (unpaired) electrons. The molecule has 6 heteroatoms. The second-order valence-corrected chi connectivity index (χ2v) is 6.16. The lowest BCUT2D eigenvalue weighted by atomic mass is 10.1. The third-order valence-electron chi connectivity index (χ3n) is 4.99. The highest BCUT2D eigenvalue weighted by Gasteiger charge is 2.36. The number of hydrogen-bond donors (Lipinski definition) is 0. The van der Waals surface area contributed by atoms with E-state index in [2.05, 4.69) is 33.0 Å². The highest BCUT2D eigenvalue weighted by Crippen LogP contribution is 2.43. The fourth-order valence-corrected chi connectivity index (χ4v) is 3.81. The van der Waals surface area contributed by atoms with Gasteiger partial charge in [-0.1, -0.05) is 6.07 Å². The highest BCUT2D eigenvalue weighted by molar-refractivity contribution is 5.82. The van der Waals surface area contributed by atoms with Crippen molar-refractivity contribution in [2.75, 3.05) is 23.7 Å². The van der Waals surface area contributed by atoms with Crippen molar-refractivity contribution in [2.45, 2.75) is 19.9 Å². The molecule has 0 amide bonds. The molecule has 2 aliphatic heterocycles. The van der Waals surface area contributed by atoms with E-state index in [0.717, 1.165) is 36.6 Å². The fourth-order valence-electron chi connectivity index (χ4n) is 3.81. The third-order valence-corrected chi connectivity index (χ3v) is 4.99. The molecule has 4 heterocycles. The standard InChI is InChI=1S/C18H17N5O/c1-11-13-10-23-14-4-3-5-15(24-2)12(14)6-9-22(23)18(13)21-17-16(11)19-7-8-20-17/h3-5,7-8H,6,9-10H2,1-2H3. The van der Waals surface area contributed by atoms with Gasteiger partial charge in [-0.15, -0.1) is 0 Å². The number of aryl methyl sites for hydroxylation is 1. The van der Waals surface area contributed by atoms with Crippen LogP contribution in [-0.2, 0) is 13.0 Å². The number of pyridine rings is 1. The molecule has 2 aliphatic rings. The number of benzene rings is 1. The molecule has 0 spiro atoms. The summed E-state index contributed by atoms with van der Waals surface area (Å²) < 4.78 is 5.54. The largest absolute Gasteiger partial charge is 0.496 e. The van der Waals surface area contributed by atoms with Crippen molar-refractivity contribution in [1.29, 1.82) is 0 Å². The number of ether oxygens (including phenoxy) is 1. The Kier molecular flexibility index (Phi) is 2.71. The van der Waals surface area contributed by atoms with Crippen LogP contribution in [0.15, 0.2) is 30.6 Å². The van der Waals surface area contributed by atoms with Crippen molar-refractivity contribution < 1.29 is 4.74 Å². The minimum absolute atomic E-state index is 0.715. The number of anilines is 2. The van der Waals surface area contributed by atoms with E-state index in [9.17, 15) is 0 Å². The van der Waals surface area contributed by atoms with E-state index in [-0.39, 0.29) is 0 Å². The van der Waals surface area contributed by atoms with Crippen molar-refractivity contribution in [3.8, 4) is 5.75 Å². The van der Waals surface area contributed by atoms with E-state index in [1.165, 1.54) is 22.4 Å². The van der Waals surface area contributed by atoms with Gasteiger partial charge in [0.15, 0.2) is 11.5 Å². The molecule has 0 saturated carbocycles. The lowest BCUT2D eigenvalue weighted by Crippen LogP contribution is -2.43. The fraction of sp³-hybridized carbons (Fsp3) is 0.278. The molecule has 2 aromatic heterocycles. The van der Waals surface area contributed by atoms with E-state index in [1.54, 1.807) is 19.5 Å². The summed E-state index contributed by atoms with van der Waals surface area (Å²) in [4.78, 5) is 13.7. The number of rotatable bonds is 1. The third kappa shape index (κ3) is 1.68. The Balaban J connectivity index is 1.69. The molecule has 0 bridgehead atoms. The Labute approximate surface area is 139 Å². The van der Waals surface area contributed by atoms with Gasteiger partial charge in [0.2, 0.25) is 0 Å². The van der Waals surface area contributed by atoms with Crippen LogP contribution in [0.4, 0.5) is 11.5 Å². The van der Waals surface area contributed by atoms with Gasteiger partial charge in [-0.3, -0.25) is 15.0 Å². The summed E-state index contributed by atoms with van der Waals surface area (Å²) in [5.41, 5.74) is 6.47. The first-order valence-electron chi connectivity index (χ1n) is 8.09. The van der Waals surface area contributed by atoms with Crippen LogP contribution in [0, 0.1) is 6.92 Å². The zero-order valence-electron chi connectivity index (χ0n) is 13.7. The van der Waals surface area contributed by atoms with Crippen LogP contribution in [0.1, 0.15) is 16.7 Å². The molecule has 1 aromatic carbocycles. The molecule has 120 valence electrons. The number of hydrogen-bond acceptors (Lipinski definition) is 6. The predicted molar refractivity (Wildman–Crippen MR) is 92.3 cm³/mol. The van der Waals surface area contributed by atoms with E-state index in [4.69, 9.17) is 9.72 Å². The maximum atomic E-state index is 5.54. The Morgan fingerprint density at radius 3 is 2.83 bits per heavy atom. The minimum Gasteiger partial charge on any atom is -0.496 e. The van der Waals surface area contributed by atoms with Crippen LogP contribution < -0.4 is 14.8 Å². The first-order valence-corrected chi connectivity index (χ1v) is 8.09. The topological polar surface area (TPSA) is 54.4 Å². The lowest BCUT2D eigenvalue weighted by Gasteiger charge is -2.37. The van der Waals surface area contributed by atoms with E-state index < -0.39 is 0 Å². The molecule has 0 N–H and O–H groups in total. The van der Waals surface area contributed by atoms with Crippen molar-refractivity contribution >= 4 is 22.7 Å². The van der Waals surface area contributed by atoms with Crippen LogP contribution in [0.3, 0.4) is 0 Å². The van der Waals surface area contributed by atoms with Gasteiger partial charge in [0.1, 0.15) is 11.3 Å². The number of hydrazine groups is 1.